The molecule has 6 rings (SSSR count). The van der Waals surface area contributed by atoms with E-state index < -0.39 is 11.8 Å². The van der Waals surface area contributed by atoms with Crippen LogP contribution < -0.4 is 18.9 Å². The van der Waals surface area contributed by atoms with Crippen molar-refractivity contribution in [2.24, 2.45) is 0 Å². The highest BCUT2D eigenvalue weighted by Crippen LogP contribution is 2.46. The van der Waals surface area contributed by atoms with Gasteiger partial charge in [0, 0.05) is 24.7 Å². The number of halogens is 1. The molecule has 6 nitrogen and oxygen atoms in total. The first kappa shape index (κ1) is 20.1. The standard InChI is InChI=1S/C26H22FNO5/c1-30-22-7-4-16-10-21-19-12-24-23(31-14-32-24)11-17(19)8-9-28(21)13-20(16)25(22)33-26(29)15-2-5-18(27)6-3-15/h2-7,11-12,21H,8-10,13-14H2,1H3. The number of fused-ring (bicyclic) bond motifs is 5. The first-order chi connectivity index (χ1) is 16.1. The van der Waals surface area contributed by atoms with Crippen molar-refractivity contribution in [2.45, 2.75) is 25.4 Å². The topological polar surface area (TPSA) is 57.2 Å². The molecular weight excluding hydrogens is 425 g/mol. The molecule has 3 aromatic carbocycles. The molecule has 0 fully saturated rings. The van der Waals surface area contributed by atoms with Gasteiger partial charge < -0.3 is 18.9 Å². The lowest BCUT2D eigenvalue weighted by Crippen LogP contribution is -2.39. The number of hydrogen-bond donors (Lipinski definition) is 0. The predicted molar refractivity (Wildman–Crippen MR) is 117 cm³/mol. The number of esters is 1. The maximum absolute atomic E-state index is 13.3. The fourth-order valence-corrected chi connectivity index (χ4v) is 5.00. The molecule has 33 heavy (non-hydrogen) atoms. The molecule has 0 saturated heterocycles. The maximum Gasteiger partial charge on any atom is 0.343 e. The van der Waals surface area contributed by atoms with Gasteiger partial charge >= 0.3 is 5.97 Å². The second-order valence-electron chi connectivity index (χ2n) is 8.48. The second kappa shape index (κ2) is 7.78. The normalized spacial score (nSPS) is 18.2. The van der Waals surface area contributed by atoms with Gasteiger partial charge in [0.15, 0.2) is 23.0 Å². The molecule has 0 aliphatic carbocycles. The molecule has 0 bridgehead atoms. The van der Waals surface area contributed by atoms with Crippen LogP contribution in [0.5, 0.6) is 23.0 Å². The van der Waals surface area contributed by atoms with E-state index in [0.717, 1.165) is 42.0 Å². The largest absolute Gasteiger partial charge is 0.493 e. The minimum Gasteiger partial charge on any atom is -0.493 e. The number of benzene rings is 3. The zero-order valence-corrected chi connectivity index (χ0v) is 18.1. The Morgan fingerprint density at radius 1 is 1.06 bits per heavy atom. The van der Waals surface area contributed by atoms with Gasteiger partial charge in [-0.1, -0.05) is 6.07 Å². The minimum absolute atomic E-state index is 0.213. The van der Waals surface area contributed by atoms with E-state index in [1.54, 1.807) is 7.11 Å². The van der Waals surface area contributed by atoms with Crippen LogP contribution in [-0.2, 0) is 19.4 Å². The van der Waals surface area contributed by atoms with Crippen molar-refractivity contribution >= 4 is 5.97 Å². The van der Waals surface area contributed by atoms with Crippen molar-refractivity contribution in [2.75, 3.05) is 20.4 Å². The minimum atomic E-state index is -0.541. The van der Waals surface area contributed by atoms with E-state index in [4.69, 9.17) is 18.9 Å². The number of carbonyl (C=O) groups is 1. The van der Waals surface area contributed by atoms with E-state index in [9.17, 15) is 9.18 Å². The lowest BCUT2D eigenvalue weighted by Gasteiger charge is -2.42. The fraction of sp³-hybridized carbons (Fsp3) is 0.269. The van der Waals surface area contributed by atoms with Gasteiger partial charge in [-0.05, 0) is 72.0 Å². The Hall–Kier alpha value is -3.58. The average Bonchev–Trinajstić information content (AvgIpc) is 3.29. The predicted octanol–water partition coefficient (Wildman–Crippen LogP) is 4.44. The summed E-state index contributed by atoms with van der Waals surface area (Å²) in [5.41, 5.74) is 4.90. The van der Waals surface area contributed by atoms with Crippen molar-refractivity contribution in [1.82, 2.24) is 4.90 Å². The molecule has 3 heterocycles. The molecular formula is C26H22FNO5. The zero-order valence-electron chi connectivity index (χ0n) is 18.1. The fourth-order valence-electron chi connectivity index (χ4n) is 5.00. The molecule has 0 saturated carbocycles. The Bertz CT molecular complexity index is 1260. The Morgan fingerprint density at radius 3 is 2.64 bits per heavy atom. The molecule has 168 valence electrons. The van der Waals surface area contributed by atoms with Crippen LogP contribution in [0.1, 0.15) is 38.7 Å². The molecule has 7 heteroatoms. The first-order valence-electron chi connectivity index (χ1n) is 10.9. The lowest BCUT2D eigenvalue weighted by molar-refractivity contribution is 0.0722. The molecule has 3 aliphatic heterocycles. The van der Waals surface area contributed by atoms with Gasteiger partial charge in [-0.25, -0.2) is 9.18 Å². The smallest absolute Gasteiger partial charge is 0.343 e. The summed E-state index contributed by atoms with van der Waals surface area (Å²) < 4.78 is 35.8. The SMILES string of the molecule is COc1ccc2c(c1OC(=O)c1ccc(F)cc1)CN1CCc3cc4c(cc3C1C2)OCO4. The van der Waals surface area contributed by atoms with E-state index in [2.05, 4.69) is 17.0 Å². The molecule has 0 N–H and O–H groups in total. The third kappa shape index (κ3) is 3.40. The molecule has 1 atom stereocenters. The van der Waals surface area contributed by atoms with Crippen LogP contribution >= 0.6 is 0 Å². The number of ether oxygens (including phenoxy) is 4. The van der Waals surface area contributed by atoms with E-state index in [0.29, 0.717) is 18.0 Å². The van der Waals surface area contributed by atoms with Gasteiger partial charge in [0.2, 0.25) is 6.79 Å². The Balaban J connectivity index is 1.35. The molecule has 0 aromatic heterocycles. The monoisotopic (exact) mass is 447 g/mol. The molecule has 3 aromatic rings. The molecule has 1 unspecified atom stereocenters. The molecule has 0 spiro atoms. The van der Waals surface area contributed by atoms with E-state index in [1.165, 1.54) is 35.4 Å². The number of rotatable bonds is 3. The number of nitrogens with zero attached hydrogens (tertiary/aromatic N) is 1. The van der Waals surface area contributed by atoms with Gasteiger partial charge in [-0.15, -0.1) is 0 Å². The molecule has 0 radical (unpaired) electrons. The first-order valence-corrected chi connectivity index (χ1v) is 10.9. The van der Waals surface area contributed by atoms with Crippen molar-refractivity contribution < 1.29 is 28.1 Å². The van der Waals surface area contributed by atoms with Crippen molar-refractivity contribution in [1.29, 1.82) is 0 Å². The summed E-state index contributed by atoms with van der Waals surface area (Å²) in [5, 5.41) is 0. The van der Waals surface area contributed by atoms with Crippen LogP contribution in [0, 0.1) is 5.82 Å². The van der Waals surface area contributed by atoms with Crippen LogP contribution in [0.3, 0.4) is 0 Å². The average molecular weight is 447 g/mol. The summed E-state index contributed by atoms with van der Waals surface area (Å²) in [7, 11) is 1.56. The van der Waals surface area contributed by atoms with Gasteiger partial charge in [0.05, 0.1) is 12.7 Å². The van der Waals surface area contributed by atoms with E-state index in [-0.39, 0.29) is 18.4 Å². The number of carbonyl (C=O) groups excluding carboxylic acids is 1. The van der Waals surface area contributed by atoms with Crippen LogP contribution in [0.15, 0.2) is 48.5 Å². The summed E-state index contributed by atoms with van der Waals surface area (Å²) in [4.78, 5) is 15.2. The van der Waals surface area contributed by atoms with Crippen LogP contribution in [0.2, 0.25) is 0 Å². The number of hydrogen-bond acceptors (Lipinski definition) is 6. The van der Waals surface area contributed by atoms with Crippen LogP contribution in [-0.4, -0.2) is 31.3 Å². The highest BCUT2D eigenvalue weighted by Gasteiger charge is 2.36. The lowest BCUT2D eigenvalue weighted by atomic mass is 9.83. The van der Waals surface area contributed by atoms with Crippen molar-refractivity contribution in [3.8, 4) is 23.0 Å². The highest BCUT2D eigenvalue weighted by atomic mass is 19.1. The Labute approximate surface area is 190 Å². The highest BCUT2D eigenvalue weighted by molar-refractivity contribution is 5.91. The molecule has 0 amide bonds. The van der Waals surface area contributed by atoms with Gasteiger partial charge in [-0.2, -0.15) is 0 Å². The Morgan fingerprint density at radius 2 is 1.85 bits per heavy atom. The maximum atomic E-state index is 13.3. The summed E-state index contributed by atoms with van der Waals surface area (Å²) in [6.45, 7) is 1.79. The van der Waals surface area contributed by atoms with Gasteiger partial charge in [0.1, 0.15) is 5.82 Å². The third-order valence-electron chi connectivity index (χ3n) is 6.69. The van der Waals surface area contributed by atoms with Crippen molar-refractivity contribution in [3.05, 3.63) is 82.2 Å². The summed E-state index contributed by atoms with van der Waals surface area (Å²) >= 11 is 0. The van der Waals surface area contributed by atoms with Crippen LogP contribution in [0.4, 0.5) is 4.39 Å². The van der Waals surface area contributed by atoms with E-state index >= 15 is 0 Å². The number of methoxy groups -OCH3 is 1. The Kier molecular flexibility index (Phi) is 4.73. The summed E-state index contributed by atoms with van der Waals surface area (Å²) in [5.74, 6) is 1.60. The zero-order chi connectivity index (χ0) is 22.5. The third-order valence-corrected chi connectivity index (χ3v) is 6.69. The van der Waals surface area contributed by atoms with E-state index in [1.807, 2.05) is 12.1 Å². The van der Waals surface area contributed by atoms with Gasteiger partial charge in [0.25, 0.3) is 0 Å². The molecule has 3 aliphatic rings. The quantitative estimate of drug-likeness (QED) is 0.437. The van der Waals surface area contributed by atoms with Crippen molar-refractivity contribution in [3.63, 3.8) is 0 Å². The summed E-state index contributed by atoms with van der Waals surface area (Å²) in [6.07, 6.45) is 1.69. The summed E-state index contributed by atoms with van der Waals surface area (Å²) in [6, 6.07) is 13.6. The van der Waals surface area contributed by atoms with Crippen LogP contribution in [0.25, 0.3) is 0 Å². The van der Waals surface area contributed by atoms with Gasteiger partial charge in [-0.3, -0.25) is 4.90 Å². The second-order valence-corrected chi connectivity index (χ2v) is 8.48.